The number of hydrogen-bond acceptors (Lipinski definition) is 2. The summed E-state index contributed by atoms with van der Waals surface area (Å²) in [7, 11) is 1.65. The average Bonchev–Trinajstić information content (AvgIpc) is 2.35. The first-order valence-electron chi connectivity index (χ1n) is 6.40. The van der Waals surface area contributed by atoms with Crippen molar-refractivity contribution in [2.24, 2.45) is 11.8 Å². The van der Waals surface area contributed by atoms with Crippen LogP contribution >= 0.6 is 0 Å². The van der Waals surface area contributed by atoms with Gasteiger partial charge in [-0.25, -0.2) is 0 Å². The number of ether oxygens (including phenoxy) is 1. The van der Waals surface area contributed by atoms with Crippen molar-refractivity contribution in [3.63, 3.8) is 0 Å². The molecule has 0 aliphatic carbocycles. The molecule has 0 saturated carbocycles. The summed E-state index contributed by atoms with van der Waals surface area (Å²) in [4.78, 5) is 11.8. The Hall–Kier alpha value is -1.51. The lowest BCUT2D eigenvalue weighted by Crippen LogP contribution is -2.34. The number of nitrogens with one attached hydrogen (secondary N) is 1. The molecule has 1 rings (SSSR count). The third kappa shape index (κ3) is 3.76. The molecular weight excluding hydrogens is 226 g/mol. The van der Waals surface area contributed by atoms with Gasteiger partial charge in [-0.15, -0.1) is 0 Å². The van der Waals surface area contributed by atoms with Gasteiger partial charge in [0, 0.05) is 5.92 Å². The van der Waals surface area contributed by atoms with Gasteiger partial charge in [-0.05, 0) is 23.6 Å². The molecule has 1 N–H and O–H groups in total. The van der Waals surface area contributed by atoms with Gasteiger partial charge in [0.15, 0.2) is 0 Å². The molecule has 0 heterocycles. The van der Waals surface area contributed by atoms with E-state index < -0.39 is 0 Å². The molecule has 18 heavy (non-hydrogen) atoms. The van der Waals surface area contributed by atoms with Crippen molar-refractivity contribution in [2.75, 3.05) is 7.11 Å². The predicted octanol–water partition coefficient (Wildman–Crippen LogP) is 3.16. The zero-order chi connectivity index (χ0) is 13.7. The first-order chi connectivity index (χ1) is 8.45. The molecule has 0 aromatic heterocycles. The molecule has 1 atom stereocenters. The van der Waals surface area contributed by atoms with E-state index in [0.29, 0.717) is 5.92 Å². The molecule has 1 aromatic rings. The maximum Gasteiger partial charge on any atom is 0.223 e. The smallest absolute Gasteiger partial charge is 0.223 e. The van der Waals surface area contributed by atoms with Crippen molar-refractivity contribution < 1.29 is 9.53 Å². The summed E-state index contributed by atoms with van der Waals surface area (Å²) in [6.07, 6.45) is 0. The van der Waals surface area contributed by atoms with Gasteiger partial charge in [0.1, 0.15) is 5.75 Å². The Morgan fingerprint density at radius 2 is 1.67 bits per heavy atom. The number of carbonyl (C=O) groups excluding carboxylic acids is 1. The van der Waals surface area contributed by atoms with Crippen LogP contribution in [0.5, 0.6) is 5.75 Å². The molecule has 0 aliphatic rings. The molecule has 100 valence electrons. The van der Waals surface area contributed by atoms with Crippen LogP contribution < -0.4 is 10.1 Å². The number of rotatable bonds is 5. The van der Waals surface area contributed by atoms with Gasteiger partial charge >= 0.3 is 0 Å². The van der Waals surface area contributed by atoms with Gasteiger partial charge in [-0.3, -0.25) is 4.79 Å². The zero-order valence-electron chi connectivity index (χ0n) is 11.9. The van der Waals surface area contributed by atoms with Crippen molar-refractivity contribution in [3.8, 4) is 5.75 Å². The summed E-state index contributed by atoms with van der Waals surface area (Å²) in [5.74, 6) is 1.27. The van der Waals surface area contributed by atoms with Crippen molar-refractivity contribution in [2.45, 2.75) is 33.7 Å². The minimum atomic E-state index is 0.00417. The van der Waals surface area contributed by atoms with Crippen LogP contribution in [-0.2, 0) is 4.79 Å². The van der Waals surface area contributed by atoms with Gasteiger partial charge in [-0.1, -0.05) is 39.8 Å². The highest BCUT2D eigenvalue weighted by molar-refractivity contribution is 5.78. The molecule has 0 bridgehead atoms. The molecule has 0 spiro atoms. The van der Waals surface area contributed by atoms with E-state index in [0.717, 1.165) is 11.3 Å². The third-order valence-electron chi connectivity index (χ3n) is 2.96. The van der Waals surface area contributed by atoms with E-state index >= 15 is 0 Å². The summed E-state index contributed by atoms with van der Waals surface area (Å²) in [5, 5.41) is 3.09. The van der Waals surface area contributed by atoms with Crippen LogP contribution in [0.3, 0.4) is 0 Å². The van der Waals surface area contributed by atoms with E-state index in [9.17, 15) is 4.79 Å². The van der Waals surface area contributed by atoms with E-state index in [1.54, 1.807) is 7.11 Å². The minimum Gasteiger partial charge on any atom is -0.497 e. The average molecular weight is 249 g/mol. The highest BCUT2D eigenvalue weighted by atomic mass is 16.5. The minimum absolute atomic E-state index is 0.00417. The number of carbonyl (C=O) groups is 1. The topological polar surface area (TPSA) is 38.3 Å². The van der Waals surface area contributed by atoms with Crippen molar-refractivity contribution in [3.05, 3.63) is 29.8 Å². The van der Waals surface area contributed by atoms with E-state index in [1.165, 1.54) is 0 Å². The molecule has 1 amide bonds. The fourth-order valence-electron chi connectivity index (χ4n) is 1.77. The molecule has 3 heteroatoms. The van der Waals surface area contributed by atoms with Gasteiger partial charge in [0.25, 0.3) is 0 Å². The molecule has 0 fully saturated rings. The second kappa shape index (κ2) is 6.43. The van der Waals surface area contributed by atoms with Crippen LogP contribution in [0.2, 0.25) is 0 Å². The Kier molecular flexibility index (Phi) is 5.20. The highest BCUT2D eigenvalue weighted by Gasteiger charge is 2.19. The van der Waals surface area contributed by atoms with Crippen LogP contribution in [0.15, 0.2) is 24.3 Å². The standard InChI is InChI=1S/C15H23NO2/c1-10(2)14(16-15(17)11(3)4)12-6-8-13(18-5)9-7-12/h6-11,14H,1-5H3,(H,16,17)/t14-/m0/s1. The number of benzene rings is 1. The summed E-state index contributed by atoms with van der Waals surface area (Å²) < 4.78 is 5.14. The summed E-state index contributed by atoms with van der Waals surface area (Å²) in [6.45, 7) is 8.02. The Labute approximate surface area is 110 Å². The molecular formula is C15H23NO2. The quantitative estimate of drug-likeness (QED) is 0.870. The molecule has 0 radical (unpaired) electrons. The maximum atomic E-state index is 11.8. The number of amides is 1. The molecule has 3 nitrogen and oxygen atoms in total. The normalized spacial score (nSPS) is 12.6. The van der Waals surface area contributed by atoms with Gasteiger partial charge in [0.2, 0.25) is 5.91 Å². The lowest BCUT2D eigenvalue weighted by Gasteiger charge is -2.24. The summed E-state index contributed by atoms with van der Waals surface area (Å²) in [5.41, 5.74) is 1.11. The Balaban J connectivity index is 2.87. The van der Waals surface area contributed by atoms with Crippen LogP contribution in [0.4, 0.5) is 0 Å². The Morgan fingerprint density at radius 1 is 1.11 bits per heavy atom. The zero-order valence-corrected chi connectivity index (χ0v) is 11.9. The highest BCUT2D eigenvalue weighted by Crippen LogP contribution is 2.24. The lowest BCUT2D eigenvalue weighted by molar-refractivity contribution is -0.125. The van der Waals surface area contributed by atoms with E-state index in [-0.39, 0.29) is 17.9 Å². The molecule has 0 saturated heterocycles. The van der Waals surface area contributed by atoms with Crippen molar-refractivity contribution in [1.29, 1.82) is 0 Å². The monoisotopic (exact) mass is 249 g/mol. The first-order valence-corrected chi connectivity index (χ1v) is 6.40. The maximum absolute atomic E-state index is 11.8. The van der Waals surface area contributed by atoms with Crippen molar-refractivity contribution in [1.82, 2.24) is 5.32 Å². The number of methoxy groups -OCH3 is 1. The van der Waals surface area contributed by atoms with Crippen LogP contribution in [-0.4, -0.2) is 13.0 Å². The van der Waals surface area contributed by atoms with Crippen molar-refractivity contribution >= 4 is 5.91 Å². The summed E-state index contributed by atoms with van der Waals surface area (Å²) in [6, 6.07) is 7.90. The van der Waals surface area contributed by atoms with E-state index in [4.69, 9.17) is 4.74 Å². The fraction of sp³-hybridized carbons (Fsp3) is 0.533. The van der Waals surface area contributed by atoms with Gasteiger partial charge < -0.3 is 10.1 Å². The Morgan fingerprint density at radius 3 is 2.06 bits per heavy atom. The second-order valence-corrected chi connectivity index (χ2v) is 5.16. The third-order valence-corrected chi connectivity index (χ3v) is 2.96. The largest absolute Gasteiger partial charge is 0.497 e. The Bertz CT molecular complexity index is 382. The first kappa shape index (κ1) is 14.6. The molecule has 1 aromatic carbocycles. The van der Waals surface area contributed by atoms with Crippen LogP contribution in [0.1, 0.15) is 39.3 Å². The summed E-state index contributed by atoms with van der Waals surface area (Å²) >= 11 is 0. The second-order valence-electron chi connectivity index (χ2n) is 5.16. The SMILES string of the molecule is COc1ccc([C@@H](NC(=O)C(C)C)C(C)C)cc1. The lowest BCUT2D eigenvalue weighted by atomic mass is 9.95. The van der Waals surface area contributed by atoms with Gasteiger partial charge in [0.05, 0.1) is 13.2 Å². The van der Waals surface area contributed by atoms with Crippen LogP contribution in [0, 0.1) is 11.8 Å². The fourth-order valence-corrected chi connectivity index (χ4v) is 1.77. The van der Waals surface area contributed by atoms with Gasteiger partial charge in [-0.2, -0.15) is 0 Å². The van der Waals surface area contributed by atoms with E-state index in [1.807, 2.05) is 38.1 Å². The predicted molar refractivity (Wildman–Crippen MR) is 73.6 cm³/mol. The molecule has 0 aliphatic heterocycles. The number of hydrogen-bond donors (Lipinski definition) is 1. The molecule has 0 unspecified atom stereocenters. The van der Waals surface area contributed by atoms with Crippen LogP contribution in [0.25, 0.3) is 0 Å². The van der Waals surface area contributed by atoms with E-state index in [2.05, 4.69) is 19.2 Å².